The molecular formula is C30H30N2O6. The van der Waals surface area contributed by atoms with Crippen molar-refractivity contribution in [2.24, 2.45) is 0 Å². The number of ether oxygens (including phenoxy) is 1. The summed E-state index contributed by atoms with van der Waals surface area (Å²) in [6.07, 6.45) is -2.22. The number of hydrogen-bond acceptors (Lipinski definition) is 6. The summed E-state index contributed by atoms with van der Waals surface area (Å²) in [5, 5.41) is 24.8. The van der Waals surface area contributed by atoms with Gasteiger partial charge in [-0.3, -0.25) is 14.9 Å². The van der Waals surface area contributed by atoms with Crippen LogP contribution in [0.1, 0.15) is 55.7 Å². The predicted molar refractivity (Wildman–Crippen MR) is 142 cm³/mol. The van der Waals surface area contributed by atoms with E-state index in [1.807, 2.05) is 18.2 Å². The van der Waals surface area contributed by atoms with Gasteiger partial charge in [-0.2, -0.15) is 0 Å². The molecular weight excluding hydrogens is 484 g/mol. The van der Waals surface area contributed by atoms with E-state index in [4.69, 9.17) is 4.74 Å². The standard InChI is InChI=1S/C30H30N2O6/c1-29(2,3)38-28(35)31-23-17-11-10-16-22(23)30(27(31)34)24(33)18-21(19-12-6-4-7-13-19)26(32(36)37)25(30)20-14-8-5-9-15-20/h4-17,21,24-26,33H,18H2,1-3H3/t21?,24?,25?,26?,30-/m0/s1. The number of aliphatic hydroxyl groups is 1. The molecule has 0 bridgehead atoms. The number of anilines is 1. The Labute approximate surface area is 221 Å². The molecule has 1 aliphatic heterocycles. The number of fused-ring (bicyclic) bond motifs is 2. The van der Waals surface area contributed by atoms with Crippen molar-refractivity contribution in [3.05, 3.63) is 112 Å². The van der Waals surface area contributed by atoms with Crippen molar-refractivity contribution >= 4 is 17.7 Å². The summed E-state index contributed by atoms with van der Waals surface area (Å²) < 4.78 is 5.57. The highest BCUT2D eigenvalue weighted by molar-refractivity contribution is 6.22. The van der Waals surface area contributed by atoms with Crippen molar-refractivity contribution in [1.29, 1.82) is 0 Å². The zero-order valence-electron chi connectivity index (χ0n) is 21.5. The molecule has 1 fully saturated rings. The van der Waals surface area contributed by atoms with Crippen molar-refractivity contribution in [2.45, 2.75) is 62.2 Å². The van der Waals surface area contributed by atoms with Crippen LogP contribution in [0.4, 0.5) is 10.5 Å². The lowest BCUT2D eigenvalue weighted by molar-refractivity contribution is -0.537. The number of amides is 2. The molecule has 1 spiro atoms. The first kappa shape index (κ1) is 25.6. The summed E-state index contributed by atoms with van der Waals surface area (Å²) in [7, 11) is 0. The Morgan fingerprint density at radius 2 is 1.53 bits per heavy atom. The van der Waals surface area contributed by atoms with Gasteiger partial charge >= 0.3 is 6.09 Å². The smallest absolute Gasteiger partial charge is 0.421 e. The SMILES string of the molecule is CC(C)(C)OC(=O)N1C(=O)[C@@]2(c3ccccc31)C(O)CC(c1ccccc1)C([N+](=O)[O-])C2c1ccccc1. The molecule has 4 unspecified atom stereocenters. The van der Waals surface area contributed by atoms with Gasteiger partial charge in [0.25, 0.3) is 5.91 Å². The second-order valence-corrected chi connectivity index (χ2v) is 10.9. The number of rotatable bonds is 3. The maximum absolute atomic E-state index is 14.5. The number of nitro groups is 1. The Balaban J connectivity index is 1.77. The fourth-order valence-electron chi connectivity index (χ4n) is 6.24. The molecule has 3 aromatic carbocycles. The van der Waals surface area contributed by atoms with Gasteiger partial charge in [-0.25, -0.2) is 9.69 Å². The van der Waals surface area contributed by atoms with Crippen LogP contribution in [0.3, 0.4) is 0 Å². The Hall–Kier alpha value is -4.04. The minimum atomic E-state index is -1.77. The minimum Gasteiger partial charge on any atom is -0.443 e. The minimum absolute atomic E-state index is 0.0266. The van der Waals surface area contributed by atoms with Crippen molar-refractivity contribution in [3.63, 3.8) is 0 Å². The van der Waals surface area contributed by atoms with Crippen molar-refractivity contribution in [2.75, 3.05) is 4.90 Å². The summed E-state index contributed by atoms with van der Waals surface area (Å²) in [6, 6.07) is 23.3. The molecule has 196 valence electrons. The highest BCUT2D eigenvalue weighted by Gasteiger charge is 2.69. The van der Waals surface area contributed by atoms with Crippen LogP contribution in [-0.4, -0.2) is 39.8 Å². The van der Waals surface area contributed by atoms with E-state index in [-0.39, 0.29) is 17.0 Å². The molecule has 1 saturated carbocycles. The third-order valence-corrected chi connectivity index (χ3v) is 7.60. The van der Waals surface area contributed by atoms with Crippen LogP contribution in [0.2, 0.25) is 0 Å². The van der Waals surface area contributed by atoms with E-state index in [2.05, 4.69) is 0 Å². The maximum Gasteiger partial charge on any atom is 0.421 e. The van der Waals surface area contributed by atoms with E-state index in [9.17, 15) is 24.8 Å². The fraction of sp³-hybridized carbons (Fsp3) is 0.333. The summed E-state index contributed by atoms with van der Waals surface area (Å²) >= 11 is 0. The van der Waals surface area contributed by atoms with Crippen LogP contribution < -0.4 is 4.90 Å². The number of carbonyl (C=O) groups excluding carboxylic acids is 2. The van der Waals surface area contributed by atoms with Crippen LogP contribution in [0.5, 0.6) is 0 Å². The monoisotopic (exact) mass is 514 g/mol. The molecule has 0 aromatic heterocycles. The number of nitrogens with zero attached hydrogens (tertiary/aromatic N) is 2. The summed E-state index contributed by atoms with van der Waals surface area (Å²) in [6.45, 7) is 5.09. The number of aliphatic hydroxyl groups excluding tert-OH is 1. The molecule has 1 heterocycles. The Morgan fingerprint density at radius 3 is 2.11 bits per heavy atom. The first-order valence-electron chi connectivity index (χ1n) is 12.7. The molecule has 1 N–H and O–H groups in total. The van der Waals surface area contributed by atoms with Gasteiger partial charge in [-0.1, -0.05) is 78.9 Å². The molecule has 3 aromatic rings. The number of benzene rings is 3. The van der Waals surface area contributed by atoms with Crippen molar-refractivity contribution < 1.29 is 24.4 Å². The Kier molecular flexibility index (Phi) is 6.31. The van der Waals surface area contributed by atoms with E-state index in [1.54, 1.807) is 87.5 Å². The van der Waals surface area contributed by atoms with Crippen LogP contribution >= 0.6 is 0 Å². The molecule has 8 nitrogen and oxygen atoms in total. The van der Waals surface area contributed by atoms with Gasteiger partial charge in [0.05, 0.1) is 23.6 Å². The van der Waals surface area contributed by atoms with Crippen LogP contribution in [0.15, 0.2) is 84.9 Å². The van der Waals surface area contributed by atoms with Gasteiger partial charge < -0.3 is 9.84 Å². The van der Waals surface area contributed by atoms with Crippen LogP contribution in [-0.2, 0) is 14.9 Å². The second-order valence-electron chi connectivity index (χ2n) is 10.9. The van der Waals surface area contributed by atoms with E-state index >= 15 is 0 Å². The molecule has 0 radical (unpaired) electrons. The molecule has 5 rings (SSSR count). The lowest BCUT2D eigenvalue weighted by Crippen LogP contribution is -2.62. The van der Waals surface area contributed by atoms with Gasteiger partial charge in [-0.15, -0.1) is 0 Å². The first-order chi connectivity index (χ1) is 18.1. The number of para-hydroxylation sites is 1. The van der Waals surface area contributed by atoms with E-state index < -0.39 is 47.0 Å². The predicted octanol–water partition coefficient (Wildman–Crippen LogP) is 5.18. The quantitative estimate of drug-likeness (QED) is 0.381. The highest BCUT2D eigenvalue weighted by atomic mass is 16.6. The largest absolute Gasteiger partial charge is 0.443 e. The molecule has 2 amide bonds. The topological polar surface area (TPSA) is 110 Å². The molecule has 5 atom stereocenters. The average Bonchev–Trinajstić information content (AvgIpc) is 3.14. The van der Waals surface area contributed by atoms with E-state index in [0.717, 1.165) is 4.90 Å². The zero-order chi connectivity index (χ0) is 27.2. The second kappa shape index (κ2) is 9.36. The summed E-state index contributed by atoms with van der Waals surface area (Å²) in [5.74, 6) is -2.44. The Bertz CT molecular complexity index is 1370. The van der Waals surface area contributed by atoms with E-state index in [0.29, 0.717) is 16.7 Å². The zero-order valence-corrected chi connectivity index (χ0v) is 21.5. The van der Waals surface area contributed by atoms with Gasteiger partial charge in [-0.05, 0) is 49.9 Å². The van der Waals surface area contributed by atoms with Crippen LogP contribution in [0, 0.1) is 10.1 Å². The summed E-state index contributed by atoms with van der Waals surface area (Å²) in [4.78, 5) is 41.4. The van der Waals surface area contributed by atoms with Gasteiger partial charge in [0, 0.05) is 4.92 Å². The van der Waals surface area contributed by atoms with Gasteiger partial charge in [0.15, 0.2) is 0 Å². The molecule has 2 aliphatic rings. The number of imide groups is 1. The molecule has 0 saturated heterocycles. The molecule has 1 aliphatic carbocycles. The van der Waals surface area contributed by atoms with Crippen molar-refractivity contribution in [3.8, 4) is 0 Å². The number of hydrogen-bond donors (Lipinski definition) is 1. The summed E-state index contributed by atoms with van der Waals surface area (Å²) in [5.41, 5.74) is -0.733. The maximum atomic E-state index is 14.5. The molecule has 38 heavy (non-hydrogen) atoms. The third-order valence-electron chi connectivity index (χ3n) is 7.60. The molecule has 8 heteroatoms. The van der Waals surface area contributed by atoms with E-state index in [1.165, 1.54) is 0 Å². The number of carbonyl (C=O) groups is 2. The normalized spacial score (nSPS) is 26.7. The van der Waals surface area contributed by atoms with Crippen molar-refractivity contribution in [1.82, 2.24) is 0 Å². The third kappa shape index (κ3) is 3.96. The highest BCUT2D eigenvalue weighted by Crippen LogP contribution is 2.59. The fourth-order valence-corrected chi connectivity index (χ4v) is 6.24. The average molecular weight is 515 g/mol. The van der Waals surface area contributed by atoms with Gasteiger partial charge in [0.1, 0.15) is 11.0 Å². The van der Waals surface area contributed by atoms with Crippen LogP contribution in [0.25, 0.3) is 0 Å². The lowest BCUT2D eigenvalue weighted by atomic mass is 9.54. The Morgan fingerprint density at radius 1 is 0.974 bits per heavy atom. The lowest BCUT2D eigenvalue weighted by Gasteiger charge is -2.47. The van der Waals surface area contributed by atoms with Gasteiger partial charge in [0.2, 0.25) is 6.04 Å². The first-order valence-corrected chi connectivity index (χ1v) is 12.7.